The van der Waals surface area contributed by atoms with Crippen LogP contribution in [0.1, 0.15) is 26.3 Å². The van der Waals surface area contributed by atoms with E-state index in [0.717, 1.165) is 18.7 Å². The molecule has 1 heterocycles. The van der Waals surface area contributed by atoms with E-state index in [0.29, 0.717) is 25.1 Å². The minimum absolute atomic E-state index is 0.275. The van der Waals surface area contributed by atoms with Gasteiger partial charge in [-0.1, -0.05) is 24.3 Å². The number of rotatable bonds is 3. The Morgan fingerprint density at radius 2 is 1.78 bits per heavy atom. The Morgan fingerprint density at radius 1 is 1.17 bits per heavy atom. The van der Waals surface area contributed by atoms with Gasteiger partial charge in [0.15, 0.2) is 0 Å². The predicted octanol–water partition coefficient (Wildman–Crippen LogP) is 0.419. The molecule has 1 amide bonds. The fourth-order valence-electron chi connectivity index (χ4n) is 2.59. The summed E-state index contributed by atoms with van der Waals surface area (Å²) >= 11 is 0. The van der Waals surface area contributed by atoms with Crippen molar-refractivity contribution in [2.75, 3.05) is 26.2 Å². The quantitative estimate of drug-likeness (QED) is 0.790. The van der Waals surface area contributed by atoms with Crippen molar-refractivity contribution in [3.05, 3.63) is 29.8 Å². The first kappa shape index (κ1) is 17.8. The fourth-order valence-corrected chi connectivity index (χ4v) is 2.59. The molecule has 7 heteroatoms. The van der Waals surface area contributed by atoms with Gasteiger partial charge in [-0.15, -0.1) is 0 Å². The first-order valence-corrected chi connectivity index (χ1v) is 7.90. The molecule has 6 nitrogen and oxygen atoms in total. The maximum Gasteiger partial charge on any atom is 0.488 e. The summed E-state index contributed by atoms with van der Waals surface area (Å²) in [5.41, 5.74) is 0.944. The molecule has 1 aliphatic rings. The highest BCUT2D eigenvalue weighted by Gasteiger charge is 2.26. The molecular formula is C16H25BN2O4. The number of nitrogens with zero attached hydrogens (tertiary/aromatic N) is 2. The third-order valence-corrected chi connectivity index (χ3v) is 3.75. The molecule has 1 fully saturated rings. The molecule has 0 spiro atoms. The van der Waals surface area contributed by atoms with Crippen LogP contribution in [0, 0.1) is 0 Å². The Hall–Kier alpha value is -1.57. The Balaban J connectivity index is 1.89. The molecule has 0 aliphatic carbocycles. The summed E-state index contributed by atoms with van der Waals surface area (Å²) < 4.78 is 5.38. The van der Waals surface area contributed by atoms with Crippen LogP contribution in [0.3, 0.4) is 0 Å². The summed E-state index contributed by atoms with van der Waals surface area (Å²) in [6, 6.07) is 7.29. The average Bonchev–Trinajstić information content (AvgIpc) is 2.46. The van der Waals surface area contributed by atoms with Gasteiger partial charge in [0, 0.05) is 32.7 Å². The number of carbonyl (C=O) groups is 1. The second-order valence-corrected chi connectivity index (χ2v) is 6.82. The number of hydrogen-bond acceptors (Lipinski definition) is 5. The van der Waals surface area contributed by atoms with Gasteiger partial charge in [0.2, 0.25) is 0 Å². The van der Waals surface area contributed by atoms with Crippen LogP contribution < -0.4 is 5.46 Å². The molecule has 1 aromatic carbocycles. The normalized spacial score (nSPS) is 16.3. The van der Waals surface area contributed by atoms with Gasteiger partial charge in [-0.05, 0) is 31.8 Å². The third-order valence-electron chi connectivity index (χ3n) is 3.75. The maximum atomic E-state index is 12.0. The number of carbonyl (C=O) groups excluding carboxylic acids is 1. The molecule has 1 aromatic rings. The second-order valence-electron chi connectivity index (χ2n) is 6.82. The SMILES string of the molecule is CC(C)(C)OC(=O)N1CCN(Cc2ccccc2B(O)O)CC1. The van der Waals surface area contributed by atoms with E-state index >= 15 is 0 Å². The van der Waals surface area contributed by atoms with Crippen molar-refractivity contribution >= 4 is 18.7 Å². The van der Waals surface area contributed by atoms with Crippen LogP contribution in [-0.2, 0) is 11.3 Å². The van der Waals surface area contributed by atoms with Crippen LogP contribution in [0.5, 0.6) is 0 Å². The van der Waals surface area contributed by atoms with Gasteiger partial charge in [-0.25, -0.2) is 4.79 Å². The van der Waals surface area contributed by atoms with Crippen LogP contribution in [0.2, 0.25) is 0 Å². The molecular weight excluding hydrogens is 295 g/mol. The highest BCUT2D eigenvalue weighted by Crippen LogP contribution is 2.13. The van der Waals surface area contributed by atoms with Gasteiger partial charge in [0.05, 0.1) is 0 Å². The lowest BCUT2D eigenvalue weighted by molar-refractivity contribution is 0.0139. The lowest BCUT2D eigenvalue weighted by Crippen LogP contribution is -2.50. The summed E-state index contributed by atoms with van der Waals surface area (Å²) in [5, 5.41) is 18.8. The lowest BCUT2D eigenvalue weighted by atomic mass is 9.77. The number of piperazine rings is 1. The van der Waals surface area contributed by atoms with Crippen molar-refractivity contribution in [2.45, 2.75) is 32.9 Å². The van der Waals surface area contributed by atoms with Crippen molar-refractivity contribution in [3.63, 3.8) is 0 Å². The van der Waals surface area contributed by atoms with Crippen LogP contribution >= 0.6 is 0 Å². The van der Waals surface area contributed by atoms with E-state index in [-0.39, 0.29) is 6.09 Å². The topological polar surface area (TPSA) is 73.2 Å². The van der Waals surface area contributed by atoms with Crippen molar-refractivity contribution < 1.29 is 19.6 Å². The van der Waals surface area contributed by atoms with E-state index in [9.17, 15) is 14.8 Å². The van der Waals surface area contributed by atoms with E-state index in [1.54, 1.807) is 17.0 Å². The molecule has 0 bridgehead atoms. The summed E-state index contributed by atoms with van der Waals surface area (Å²) in [7, 11) is -1.46. The van der Waals surface area contributed by atoms with Gasteiger partial charge in [-0.2, -0.15) is 0 Å². The van der Waals surface area contributed by atoms with Crippen LogP contribution in [-0.4, -0.2) is 64.8 Å². The highest BCUT2D eigenvalue weighted by atomic mass is 16.6. The Kier molecular flexibility index (Phi) is 5.67. The zero-order valence-corrected chi connectivity index (χ0v) is 14.0. The van der Waals surface area contributed by atoms with Gasteiger partial charge < -0.3 is 19.7 Å². The molecule has 0 radical (unpaired) electrons. The minimum Gasteiger partial charge on any atom is -0.444 e. The first-order chi connectivity index (χ1) is 10.8. The lowest BCUT2D eigenvalue weighted by Gasteiger charge is -2.35. The number of amides is 1. The Labute approximate surface area is 137 Å². The monoisotopic (exact) mass is 320 g/mol. The molecule has 2 N–H and O–H groups in total. The largest absolute Gasteiger partial charge is 0.488 e. The molecule has 23 heavy (non-hydrogen) atoms. The second kappa shape index (κ2) is 7.34. The van der Waals surface area contributed by atoms with Gasteiger partial charge in [-0.3, -0.25) is 4.90 Å². The molecule has 0 aromatic heterocycles. The molecule has 0 atom stereocenters. The fraction of sp³-hybridized carbons (Fsp3) is 0.562. The number of hydrogen-bond donors (Lipinski definition) is 2. The van der Waals surface area contributed by atoms with Crippen LogP contribution in [0.15, 0.2) is 24.3 Å². The predicted molar refractivity (Wildman–Crippen MR) is 89.4 cm³/mol. The van der Waals surface area contributed by atoms with E-state index in [1.807, 2.05) is 32.9 Å². The molecule has 0 saturated carbocycles. The standard InChI is InChI=1S/C16H25BN2O4/c1-16(2,3)23-15(20)19-10-8-18(9-11-19)12-13-6-4-5-7-14(13)17(21)22/h4-7,21-22H,8-12H2,1-3H3. The van der Waals surface area contributed by atoms with Crippen molar-refractivity contribution in [2.24, 2.45) is 0 Å². The average molecular weight is 320 g/mol. The van der Waals surface area contributed by atoms with E-state index in [2.05, 4.69) is 4.90 Å². The molecule has 126 valence electrons. The van der Waals surface area contributed by atoms with E-state index in [1.165, 1.54) is 0 Å². The van der Waals surface area contributed by atoms with Crippen LogP contribution in [0.4, 0.5) is 4.79 Å². The molecule has 1 saturated heterocycles. The van der Waals surface area contributed by atoms with Crippen molar-refractivity contribution in [1.29, 1.82) is 0 Å². The minimum atomic E-state index is -1.46. The first-order valence-electron chi connectivity index (χ1n) is 7.90. The molecule has 2 rings (SSSR count). The third kappa shape index (κ3) is 5.23. The summed E-state index contributed by atoms with van der Waals surface area (Å²) in [4.78, 5) is 16.0. The molecule has 0 unspecified atom stereocenters. The van der Waals surface area contributed by atoms with Crippen molar-refractivity contribution in [1.82, 2.24) is 9.80 Å². The van der Waals surface area contributed by atoms with Gasteiger partial charge >= 0.3 is 13.2 Å². The number of benzene rings is 1. The Bertz CT molecular complexity index is 537. The van der Waals surface area contributed by atoms with Crippen LogP contribution in [0.25, 0.3) is 0 Å². The zero-order valence-electron chi connectivity index (χ0n) is 14.0. The number of ether oxygens (including phenoxy) is 1. The Morgan fingerprint density at radius 3 is 2.35 bits per heavy atom. The highest BCUT2D eigenvalue weighted by molar-refractivity contribution is 6.59. The van der Waals surface area contributed by atoms with E-state index < -0.39 is 12.7 Å². The smallest absolute Gasteiger partial charge is 0.444 e. The zero-order chi connectivity index (χ0) is 17.0. The summed E-state index contributed by atoms with van der Waals surface area (Å²) in [6.07, 6.45) is -0.275. The maximum absolute atomic E-state index is 12.0. The van der Waals surface area contributed by atoms with Gasteiger partial charge in [0.1, 0.15) is 5.60 Å². The van der Waals surface area contributed by atoms with Gasteiger partial charge in [0.25, 0.3) is 0 Å². The molecule has 1 aliphatic heterocycles. The summed E-state index contributed by atoms with van der Waals surface area (Å²) in [6.45, 7) is 8.90. The van der Waals surface area contributed by atoms with E-state index in [4.69, 9.17) is 4.74 Å². The van der Waals surface area contributed by atoms with Crippen molar-refractivity contribution in [3.8, 4) is 0 Å². The summed E-state index contributed by atoms with van der Waals surface area (Å²) in [5.74, 6) is 0.